The first kappa shape index (κ1) is 12.8. The molecule has 1 aromatic heterocycles. The van der Waals surface area contributed by atoms with Crippen molar-refractivity contribution in [3.8, 4) is 0 Å². The highest BCUT2D eigenvalue weighted by atomic mass is 79.9. The number of aryl methyl sites for hydroxylation is 1. The molecule has 0 bridgehead atoms. The summed E-state index contributed by atoms with van der Waals surface area (Å²) < 4.78 is 1.11. The molecule has 0 aliphatic carbocycles. The molecular weight excluding hydrogens is 296 g/mol. The van der Waals surface area contributed by atoms with Crippen molar-refractivity contribution in [3.05, 3.63) is 55.7 Å². The maximum atomic E-state index is 5.70. The Kier molecular flexibility index (Phi) is 3.99. The summed E-state index contributed by atoms with van der Waals surface area (Å²) in [5, 5.41) is 2.15. The molecule has 1 heterocycles. The van der Waals surface area contributed by atoms with E-state index in [0.29, 0.717) is 0 Å². The van der Waals surface area contributed by atoms with Gasteiger partial charge >= 0.3 is 0 Å². The zero-order valence-corrected chi connectivity index (χ0v) is 12.2. The summed E-state index contributed by atoms with van der Waals surface area (Å²) in [6.45, 7) is 4.21. The molecule has 2 rings (SSSR count). The molecule has 1 atom stereocenters. The Balaban J connectivity index is 2.45. The van der Waals surface area contributed by atoms with Crippen LogP contribution >= 0.6 is 27.3 Å². The minimum Gasteiger partial charge on any atom is -0.271 e. The van der Waals surface area contributed by atoms with Gasteiger partial charge in [-0.05, 0) is 48.1 Å². The molecule has 1 unspecified atom stereocenters. The fourth-order valence-electron chi connectivity index (χ4n) is 1.92. The monoisotopic (exact) mass is 310 g/mol. The van der Waals surface area contributed by atoms with E-state index in [1.54, 1.807) is 11.3 Å². The van der Waals surface area contributed by atoms with Crippen LogP contribution in [0, 0.1) is 13.8 Å². The van der Waals surface area contributed by atoms with E-state index in [9.17, 15) is 0 Å². The van der Waals surface area contributed by atoms with Crippen molar-refractivity contribution in [2.75, 3.05) is 0 Å². The van der Waals surface area contributed by atoms with Gasteiger partial charge in [0.05, 0.1) is 6.04 Å². The summed E-state index contributed by atoms with van der Waals surface area (Å²) in [5.41, 5.74) is 6.55. The highest BCUT2D eigenvalue weighted by molar-refractivity contribution is 9.10. The first-order chi connectivity index (χ1) is 8.13. The van der Waals surface area contributed by atoms with Crippen molar-refractivity contribution in [2.24, 2.45) is 5.84 Å². The zero-order valence-electron chi connectivity index (χ0n) is 9.83. The average Bonchev–Trinajstić information content (AvgIpc) is 2.72. The zero-order chi connectivity index (χ0) is 12.4. The summed E-state index contributed by atoms with van der Waals surface area (Å²) in [7, 11) is 0. The number of rotatable bonds is 3. The maximum absolute atomic E-state index is 5.70. The van der Waals surface area contributed by atoms with E-state index in [2.05, 4.69) is 52.7 Å². The van der Waals surface area contributed by atoms with E-state index in [-0.39, 0.29) is 6.04 Å². The van der Waals surface area contributed by atoms with Crippen molar-refractivity contribution in [1.29, 1.82) is 0 Å². The van der Waals surface area contributed by atoms with E-state index < -0.39 is 0 Å². The minimum absolute atomic E-state index is 0.0532. The number of thiophene rings is 1. The minimum atomic E-state index is 0.0532. The molecule has 0 spiro atoms. The van der Waals surface area contributed by atoms with Crippen LogP contribution in [0.4, 0.5) is 0 Å². The molecule has 0 saturated carbocycles. The fourth-order valence-corrected chi connectivity index (χ4v) is 3.03. The maximum Gasteiger partial charge on any atom is 0.0721 e. The predicted octanol–water partition coefficient (Wildman–Crippen LogP) is 3.68. The third-order valence-corrected chi connectivity index (χ3v) is 4.61. The summed E-state index contributed by atoms with van der Waals surface area (Å²) >= 11 is 5.30. The van der Waals surface area contributed by atoms with Crippen molar-refractivity contribution in [3.63, 3.8) is 0 Å². The highest BCUT2D eigenvalue weighted by Crippen LogP contribution is 2.30. The van der Waals surface area contributed by atoms with Crippen LogP contribution in [0.3, 0.4) is 0 Å². The molecule has 3 N–H and O–H groups in total. The van der Waals surface area contributed by atoms with Gasteiger partial charge in [-0.2, -0.15) is 0 Å². The van der Waals surface area contributed by atoms with Crippen molar-refractivity contribution in [1.82, 2.24) is 5.43 Å². The topological polar surface area (TPSA) is 38.0 Å². The van der Waals surface area contributed by atoms with E-state index in [1.165, 1.54) is 21.6 Å². The van der Waals surface area contributed by atoms with Gasteiger partial charge in [-0.15, -0.1) is 11.3 Å². The van der Waals surface area contributed by atoms with Crippen LogP contribution in [-0.4, -0.2) is 0 Å². The normalized spacial score (nSPS) is 12.7. The SMILES string of the molecule is Cc1cc(C(NN)c2cccc(Br)c2C)cs1. The number of hydrazine groups is 1. The largest absolute Gasteiger partial charge is 0.271 e. The van der Waals surface area contributed by atoms with Crippen molar-refractivity contribution >= 4 is 27.3 Å². The van der Waals surface area contributed by atoms with Gasteiger partial charge in [-0.25, -0.2) is 5.43 Å². The molecule has 0 radical (unpaired) electrons. The summed E-state index contributed by atoms with van der Waals surface area (Å²) in [5.74, 6) is 5.70. The summed E-state index contributed by atoms with van der Waals surface area (Å²) in [6.07, 6.45) is 0. The summed E-state index contributed by atoms with van der Waals surface area (Å²) in [4.78, 5) is 1.30. The van der Waals surface area contributed by atoms with Crippen LogP contribution in [0.15, 0.2) is 34.1 Å². The van der Waals surface area contributed by atoms with Gasteiger partial charge in [-0.1, -0.05) is 28.1 Å². The Labute approximate surface area is 114 Å². The van der Waals surface area contributed by atoms with Crippen molar-refractivity contribution < 1.29 is 0 Å². The lowest BCUT2D eigenvalue weighted by Gasteiger charge is -2.18. The van der Waals surface area contributed by atoms with Gasteiger partial charge in [0, 0.05) is 9.35 Å². The van der Waals surface area contributed by atoms with Crippen LogP contribution < -0.4 is 11.3 Å². The van der Waals surface area contributed by atoms with Crippen LogP contribution in [0.1, 0.15) is 27.6 Å². The first-order valence-electron chi connectivity index (χ1n) is 5.39. The number of nitrogens with one attached hydrogen (secondary N) is 1. The second-order valence-corrected chi connectivity index (χ2v) is 6.01. The Morgan fingerprint density at radius 2 is 2.12 bits per heavy atom. The third kappa shape index (κ3) is 2.60. The smallest absolute Gasteiger partial charge is 0.0721 e. The van der Waals surface area contributed by atoms with Crippen LogP contribution in [0.5, 0.6) is 0 Å². The molecule has 0 amide bonds. The van der Waals surface area contributed by atoms with Crippen molar-refractivity contribution in [2.45, 2.75) is 19.9 Å². The lowest BCUT2D eigenvalue weighted by molar-refractivity contribution is 0.635. The van der Waals surface area contributed by atoms with Crippen LogP contribution in [-0.2, 0) is 0 Å². The molecule has 2 aromatic rings. The van der Waals surface area contributed by atoms with Crippen LogP contribution in [0.2, 0.25) is 0 Å². The number of hydrogen-bond acceptors (Lipinski definition) is 3. The van der Waals surface area contributed by atoms with Gasteiger partial charge in [0.15, 0.2) is 0 Å². The van der Waals surface area contributed by atoms with Gasteiger partial charge in [-0.3, -0.25) is 5.84 Å². The van der Waals surface area contributed by atoms with Gasteiger partial charge in [0.25, 0.3) is 0 Å². The summed E-state index contributed by atoms with van der Waals surface area (Å²) in [6, 6.07) is 8.42. The number of hydrogen-bond donors (Lipinski definition) is 2. The molecule has 2 nitrogen and oxygen atoms in total. The third-order valence-electron chi connectivity index (χ3n) is 2.87. The lowest BCUT2D eigenvalue weighted by atomic mass is 9.97. The quantitative estimate of drug-likeness (QED) is 0.670. The molecule has 4 heteroatoms. The number of benzene rings is 1. The van der Waals surface area contributed by atoms with E-state index in [4.69, 9.17) is 5.84 Å². The Morgan fingerprint density at radius 3 is 2.71 bits per heavy atom. The molecule has 1 aromatic carbocycles. The van der Waals surface area contributed by atoms with Gasteiger partial charge in [0.1, 0.15) is 0 Å². The Bertz CT molecular complexity index is 522. The second kappa shape index (κ2) is 5.31. The first-order valence-corrected chi connectivity index (χ1v) is 7.07. The van der Waals surface area contributed by atoms with Crippen LogP contribution in [0.25, 0.3) is 0 Å². The standard InChI is InChI=1S/C13H15BrN2S/c1-8-6-10(7-17-8)13(16-15)11-4-3-5-12(14)9(11)2/h3-7,13,16H,15H2,1-2H3. The molecule has 0 fully saturated rings. The number of halogens is 1. The van der Waals surface area contributed by atoms with E-state index in [1.807, 2.05) is 12.1 Å². The van der Waals surface area contributed by atoms with E-state index in [0.717, 1.165) is 4.47 Å². The Morgan fingerprint density at radius 1 is 1.35 bits per heavy atom. The molecule has 0 aliphatic rings. The Hall–Kier alpha value is -0.680. The average molecular weight is 311 g/mol. The molecule has 0 saturated heterocycles. The second-order valence-electron chi connectivity index (χ2n) is 4.04. The number of nitrogens with two attached hydrogens (primary N) is 1. The molecule has 17 heavy (non-hydrogen) atoms. The predicted molar refractivity (Wildman–Crippen MR) is 77.1 cm³/mol. The highest BCUT2D eigenvalue weighted by Gasteiger charge is 2.16. The van der Waals surface area contributed by atoms with Gasteiger partial charge in [0.2, 0.25) is 0 Å². The van der Waals surface area contributed by atoms with Gasteiger partial charge < -0.3 is 0 Å². The molecular formula is C13H15BrN2S. The molecule has 0 aliphatic heterocycles. The molecule has 90 valence electrons. The lowest BCUT2D eigenvalue weighted by Crippen LogP contribution is -2.29. The van der Waals surface area contributed by atoms with E-state index >= 15 is 0 Å². The fraction of sp³-hybridized carbons (Fsp3) is 0.231.